The van der Waals surface area contributed by atoms with Gasteiger partial charge in [0.15, 0.2) is 6.29 Å². The Kier molecular flexibility index (Phi) is 2.00. The lowest BCUT2D eigenvalue weighted by Crippen LogP contribution is -1.98. The SMILES string of the molecule is O=Cc1c[nH]c2c(F)ccc(C(=O)O)c12. The molecule has 15 heavy (non-hydrogen) atoms. The molecule has 5 heteroatoms. The van der Waals surface area contributed by atoms with Crippen LogP contribution in [0.4, 0.5) is 4.39 Å². The van der Waals surface area contributed by atoms with Crippen molar-refractivity contribution in [3.63, 3.8) is 0 Å². The van der Waals surface area contributed by atoms with Crippen molar-refractivity contribution in [2.24, 2.45) is 0 Å². The number of hydrogen-bond donors (Lipinski definition) is 2. The average Bonchev–Trinajstić information content (AvgIpc) is 2.62. The molecule has 2 N–H and O–H groups in total. The van der Waals surface area contributed by atoms with Crippen LogP contribution in [-0.2, 0) is 0 Å². The van der Waals surface area contributed by atoms with Crippen LogP contribution in [0.1, 0.15) is 20.7 Å². The lowest BCUT2D eigenvalue weighted by molar-refractivity contribution is 0.0699. The van der Waals surface area contributed by atoms with E-state index < -0.39 is 11.8 Å². The summed E-state index contributed by atoms with van der Waals surface area (Å²) in [5.41, 5.74) is 0.0913. The largest absolute Gasteiger partial charge is 0.478 e. The lowest BCUT2D eigenvalue weighted by Gasteiger charge is -1.99. The lowest BCUT2D eigenvalue weighted by atomic mass is 10.1. The van der Waals surface area contributed by atoms with Crippen LogP contribution in [0.25, 0.3) is 10.9 Å². The number of carboxylic acids is 1. The van der Waals surface area contributed by atoms with Gasteiger partial charge in [-0.3, -0.25) is 4.79 Å². The Hall–Kier alpha value is -2.17. The Morgan fingerprint density at radius 3 is 2.80 bits per heavy atom. The number of fused-ring (bicyclic) bond motifs is 1. The topological polar surface area (TPSA) is 70.2 Å². The van der Waals surface area contributed by atoms with Crippen molar-refractivity contribution in [1.29, 1.82) is 0 Å². The Bertz CT molecular complexity index is 559. The average molecular weight is 207 g/mol. The number of carboxylic acid groups (broad SMARTS) is 1. The van der Waals surface area contributed by atoms with E-state index in [1.807, 2.05) is 0 Å². The first-order chi connectivity index (χ1) is 7.15. The summed E-state index contributed by atoms with van der Waals surface area (Å²) in [7, 11) is 0. The first-order valence-electron chi connectivity index (χ1n) is 4.13. The fourth-order valence-electron chi connectivity index (χ4n) is 1.51. The van der Waals surface area contributed by atoms with Crippen LogP contribution in [0.5, 0.6) is 0 Å². The normalized spacial score (nSPS) is 10.5. The third-order valence-corrected chi connectivity index (χ3v) is 2.17. The number of aldehydes is 1. The van der Waals surface area contributed by atoms with Crippen molar-refractivity contribution >= 4 is 23.2 Å². The van der Waals surface area contributed by atoms with Crippen molar-refractivity contribution in [1.82, 2.24) is 4.98 Å². The van der Waals surface area contributed by atoms with Gasteiger partial charge in [-0.05, 0) is 12.1 Å². The maximum atomic E-state index is 13.2. The van der Waals surface area contributed by atoms with Gasteiger partial charge >= 0.3 is 5.97 Å². The summed E-state index contributed by atoms with van der Waals surface area (Å²) < 4.78 is 13.2. The Labute approximate surface area is 83.3 Å². The van der Waals surface area contributed by atoms with E-state index in [-0.39, 0.29) is 22.0 Å². The molecule has 0 radical (unpaired) electrons. The predicted octanol–water partition coefficient (Wildman–Crippen LogP) is 1.82. The molecule has 0 unspecified atom stereocenters. The van der Waals surface area contributed by atoms with Crippen molar-refractivity contribution < 1.29 is 19.1 Å². The Balaban J connectivity index is 2.93. The molecule has 0 saturated heterocycles. The van der Waals surface area contributed by atoms with Gasteiger partial charge in [0.05, 0.1) is 11.1 Å². The highest BCUT2D eigenvalue weighted by molar-refractivity contribution is 6.09. The van der Waals surface area contributed by atoms with E-state index in [2.05, 4.69) is 4.98 Å². The number of aromatic carboxylic acids is 1. The smallest absolute Gasteiger partial charge is 0.336 e. The van der Waals surface area contributed by atoms with E-state index in [0.717, 1.165) is 12.1 Å². The predicted molar refractivity (Wildman–Crippen MR) is 50.6 cm³/mol. The standard InChI is InChI=1S/C10H6FNO3/c11-7-2-1-6(10(14)15)8-5(4-13)3-12-9(7)8/h1-4,12H,(H,14,15). The van der Waals surface area contributed by atoms with Gasteiger partial charge in [0.1, 0.15) is 5.82 Å². The van der Waals surface area contributed by atoms with Crippen LogP contribution in [0.2, 0.25) is 0 Å². The second kappa shape index (κ2) is 3.20. The molecule has 2 rings (SSSR count). The molecule has 0 aliphatic carbocycles. The van der Waals surface area contributed by atoms with Crippen LogP contribution in [0.15, 0.2) is 18.3 Å². The molecule has 0 bridgehead atoms. The number of benzene rings is 1. The molecule has 0 aliphatic heterocycles. The molecular formula is C10H6FNO3. The fourth-order valence-corrected chi connectivity index (χ4v) is 1.51. The second-order valence-electron chi connectivity index (χ2n) is 3.01. The number of aromatic amines is 1. The zero-order valence-corrected chi connectivity index (χ0v) is 7.45. The summed E-state index contributed by atoms with van der Waals surface area (Å²) in [6.07, 6.45) is 1.78. The fraction of sp³-hybridized carbons (Fsp3) is 0. The van der Waals surface area contributed by atoms with Crippen LogP contribution in [0, 0.1) is 5.82 Å². The molecule has 0 saturated carbocycles. The van der Waals surface area contributed by atoms with E-state index >= 15 is 0 Å². The van der Waals surface area contributed by atoms with E-state index in [1.54, 1.807) is 0 Å². The molecular weight excluding hydrogens is 201 g/mol. The second-order valence-corrected chi connectivity index (χ2v) is 3.01. The summed E-state index contributed by atoms with van der Waals surface area (Å²) in [5.74, 6) is -1.77. The molecule has 76 valence electrons. The summed E-state index contributed by atoms with van der Waals surface area (Å²) in [6, 6.07) is 2.19. The minimum atomic E-state index is -1.19. The quantitative estimate of drug-likeness (QED) is 0.738. The number of aromatic nitrogens is 1. The monoisotopic (exact) mass is 207 g/mol. The molecule has 0 amide bonds. The number of carbonyl (C=O) groups is 2. The summed E-state index contributed by atoms with van der Waals surface area (Å²) in [4.78, 5) is 24.0. The highest BCUT2D eigenvalue weighted by atomic mass is 19.1. The molecule has 0 fully saturated rings. The van der Waals surface area contributed by atoms with E-state index in [1.165, 1.54) is 6.20 Å². The highest BCUT2D eigenvalue weighted by Gasteiger charge is 2.15. The molecule has 0 atom stereocenters. The zero-order valence-electron chi connectivity index (χ0n) is 7.45. The highest BCUT2D eigenvalue weighted by Crippen LogP contribution is 2.24. The molecule has 1 heterocycles. The third kappa shape index (κ3) is 1.28. The molecule has 1 aromatic carbocycles. The third-order valence-electron chi connectivity index (χ3n) is 2.17. The zero-order chi connectivity index (χ0) is 11.0. The van der Waals surface area contributed by atoms with Crippen molar-refractivity contribution in [3.8, 4) is 0 Å². The molecule has 0 aliphatic rings. The summed E-state index contributed by atoms with van der Waals surface area (Å²) in [6.45, 7) is 0. The van der Waals surface area contributed by atoms with Gasteiger partial charge in [-0.1, -0.05) is 0 Å². The van der Waals surface area contributed by atoms with Gasteiger partial charge < -0.3 is 10.1 Å². The summed E-state index contributed by atoms with van der Waals surface area (Å²) in [5, 5.41) is 8.97. The van der Waals surface area contributed by atoms with Gasteiger partial charge in [0, 0.05) is 17.1 Å². The number of rotatable bonds is 2. The maximum Gasteiger partial charge on any atom is 0.336 e. The molecule has 1 aromatic heterocycles. The van der Waals surface area contributed by atoms with Gasteiger partial charge in [-0.25, -0.2) is 9.18 Å². The molecule has 4 nitrogen and oxygen atoms in total. The van der Waals surface area contributed by atoms with E-state index in [4.69, 9.17) is 5.11 Å². The molecule has 0 spiro atoms. The van der Waals surface area contributed by atoms with Gasteiger partial charge in [-0.2, -0.15) is 0 Å². The minimum Gasteiger partial charge on any atom is -0.478 e. The summed E-state index contributed by atoms with van der Waals surface area (Å²) >= 11 is 0. The van der Waals surface area contributed by atoms with Crippen LogP contribution >= 0.6 is 0 Å². The first kappa shape index (κ1) is 9.39. The number of halogens is 1. The van der Waals surface area contributed by atoms with Crippen LogP contribution in [0.3, 0.4) is 0 Å². The number of carbonyl (C=O) groups excluding carboxylic acids is 1. The van der Waals surface area contributed by atoms with Gasteiger partial charge in [0.2, 0.25) is 0 Å². The van der Waals surface area contributed by atoms with Gasteiger partial charge in [0.25, 0.3) is 0 Å². The van der Waals surface area contributed by atoms with E-state index in [9.17, 15) is 14.0 Å². The molecule has 2 aromatic rings. The van der Waals surface area contributed by atoms with E-state index in [0.29, 0.717) is 6.29 Å². The number of H-pyrrole nitrogens is 1. The number of nitrogens with one attached hydrogen (secondary N) is 1. The Morgan fingerprint density at radius 2 is 2.20 bits per heavy atom. The van der Waals surface area contributed by atoms with Crippen molar-refractivity contribution in [2.45, 2.75) is 0 Å². The Morgan fingerprint density at radius 1 is 1.47 bits per heavy atom. The van der Waals surface area contributed by atoms with Crippen molar-refractivity contribution in [2.75, 3.05) is 0 Å². The minimum absolute atomic E-state index is 0.0389. The van der Waals surface area contributed by atoms with Crippen LogP contribution in [-0.4, -0.2) is 22.3 Å². The first-order valence-corrected chi connectivity index (χ1v) is 4.13. The van der Waals surface area contributed by atoms with Crippen LogP contribution < -0.4 is 0 Å². The number of hydrogen-bond acceptors (Lipinski definition) is 2. The van der Waals surface area contributed by atoms with Crippen molar-refractivity contribution in [3.05, 3.63) is 35.3 Å². The maximum absolute atomic E-state index is 13.2. The van der Waals surface area contributed by atoms with Gasteiger partial charge in [-0.15, -0.1) is 0 Å².